The zero-order valence-electron chi connectivity index (χ0n) is 12.0. The van der Waals surface area contributed by atoms with Gasteiger partial charge in [-0.1, -0.05) is 30.3 Å². The second kappa shape index (κ2) is 7.45. The van der Waals surface area contributed by atoms with Gasteiger partial charge < -0.3 is 15.2 Å². The number of aliphatic hydroxyl groups is 1. The number of ether oxygens (including phenoxy) is 1. The first kappa shape index (κ1) is 15.1. The average molecular weight is 285 g/mol. The Morgan fingerprint density at radius 1 is 1.14 bits per heavy atom. The van der Waals surface area contributed by atoms with Crippen molar-refractivity contribution in [1.29, 1.82) is 0 Å². The summed E-state index contributed by atoms with van der Waals surface area (Å²) >= 11 is 0. The zero-order chi connectivity index (χ0) is 15.1. The summed E-state index contributed by atoms with van der Waals surface area (Å²) in [6.45, 7) is 2.33. The molecule has 0 aromatic heterocycles. The number of hydrogen-bond donors (Lipinski definition) is 2. The van der Waals surface area contributed by atoms with Gasteiger partial charge in [0.1, 0.15) is 12.4 Å². The van der Waals surface area contributed by atoms with Crippen LogP contribution in [0.1, 0.15) is 22.8 Å². The minimum atomic E-state index is -0.549. The number of carbonyl (C=O) groups is 1. The number of hydrogen-bond acceptors (Lipinski definition) is 3. The molecule has 1 amide bonds. The maximum Gasteiger partial charge on any atom is 0.251 e. The molecule has 0 spiro atoms. The van der Waals surface area contributed by atoms with Crippen LogP contribution < -0.4 is 10.1 Å². The number of nitrogens with one attached hydrogen (secondary N) is 1. The molecular formula is C17H19NO3. The van der Waals surface area contributed by atoms with E-state index in [1.165, 1.54) is 0 Å². The van der Waals surface area contributed by atoms with Gasteiger partial charge in [0.05, 0.1) is 6.10 Å². The highest BCUT2D eigenvalue weighted by Gasteiger charge is 2.06. The Morgan fingerprint density at radius 3 is 2.43 bits per heavy atom. The van der Waals surface area contributed by atoms with Crippen molar-refractivity contribution in [2.45, 2.75) is 19.6 Å². The normalized spacial score (nSPS) is 11.7. The van der Waals surface area contributed by atoms with Crippen LogP contribution in [0.25, 0.3) is 0 Å². The minimum absolute atomic E-state index is 0.188. The van der Waals surface area contributed by atoms with Gasteiger partial charge in [0.15, 0.2) is 0 Å². The molecule has 0 heterocycles. The van der Waals surface area contributed by atoms with E-state index in [2.05, 4.69) is 5.32 Å². The Bertz CT molecular complexity index is 564. The number of amides is 1. The molecule has 0 aliphatic carbocycles. The summed E-state index contributed by atoms with van der Waals surface area (Å²) in [5.41, 5.74) is 1.56. The predicted molar refractivity (Wildman–Crippen MR) is 81.2 cm³/mol. The van der Waals surface area contributed by atoms with Crippen molar-refractivity contribution in [1.82, 2.24) is 5.32 Å². The quantitative estimate of drug-likeness (QED) is 0.856. The summed E-state index contributed by atoms with van der Waals surface area (Å²) in [6.07, 6.45) is -0.549. The molecule has 0 saturated heterocycles. The molecule has 2 aromatic rings. The number of aliphatic hydroxyl groups excluding tert-OH is 1. The van der Waals surface area contributed by atoms with E-state index in [0.29, 0.717) is 12.2 Å². The zero-order valence-corrected chi connectivity index (χ0v) is 12.0. The molecule has 110 valence electrons. The Balaban J connectivity index is 1.88. The van der Waals surface area contributed by atoms with Crippen molar-refractivity contribution >= 4 is 5.91 Å². The van der Waals surface area contributed by atoms with Crippen LogP contribution in [0, 0.1) is 0 Å². The fraction of sp³-hybridized carbons (Fsp3) is 0.235. The number of benzene rings is 2. The lowest BCUT2D eigenvalue weighted by Gasteiger charge is -2.08. The summed E-state index contributed by atoms with van der Waals surface area (Å²) in [5, 5.41) is 11.8. The van der Waals surface area contributed by atoms with Gasteiger partial charge in [0, 0.05) is 12.1 Å². The molecule has 0 aliphatic heterocycles. The van der Waals surface area contributed by atoms with Crippen LogP contribution in [-0.2, 0) is 6.61 Å². The van der Waals surface area contributed by atoms with Gasteiger partial charge in [-0.05, 0) is 36.8 Å². The SMILES string of the molecule is CC(O)CNC(=O)c1ccc(COc2ccccc2)cc1. The van der Waals surface area contributed by atoms with Crippen LogP contribution >= 0.6 is 0 Å². The molecule has 0 aliphatic rings. The van der Waals surface area contributed by atoms with Crippen molar-refractivity contribution in [3.8, 4) is 5.75 Å². The lowest BCUT2D eigenvalue weighted by molar-refractivity contribution is 0.0924. The van der Waals surface area contributed by atoms with Crippen LogP contribution in [0.15, 0.2) is 54.6 Å². The molecule has 4 heteroatoms. The molecular weight excluding hydrogens is 266 g/mol. The molecule has 0 saturated carbocycles. The first-order valence-electron chi connectivity index (χ1n) is 6.88. The summed E-state index contributed by atoms with van der Waals surface area (Å²) in [5.74, 6) is 0.627. The van der Waals surface area contributed by atoms with E-state index in [0.717, 1.165) is 11.3 Å². The van der Waals surface area contributed by atoms with Gasteiger partial charge in [-0.3, -0.25) is 4.79 Å². The second-order valence-electron chi connectivity index (χ2n) is 4.86. The molecule has 1 unspecified atom stereocenters. The van der Waals surface area contributed by atoms with E-state index in [1.807, 2.05) is 42.5 Å². The summed E-state index contributed by atoms with van der Waals surface area (Å²) in [7, 11) is 0. The second-order valence-corrected chi connectivity index (χ2v) is 4.86. The maximum atomic E-state index is 11.8. The van der Waals surface area contributed by atoms with Gasteiger partial charge >= 0.3 is 0 Å². The van der Waals surface area contributed by atoms with Crippen molar-refractivity contribution in [3.05, 3.63) is 65.7 Å². The van der Waals surface area contributed by atoms with Crippen molar-refractivity contribution < 1.29 is 14.6 Å². The highest BCUT2D eigenvalue weighted by Crippen LogP contribution is 2.12. The van der Waals surface area contributed by atoms with Gasteiger partial charge in [-0.15, -0.1) is 0 Å². The van der Waals surface area contributed by atoms with Crippen LogP contribution in [0.3, 0.4) is 0 Å². The van der Waals surface area contributed by atoms with E-state index in [9.17, 15) is 4.79 Å². The van der Waals surface area contributed by atoms with Crippen molar-refractivity contribution in [2.24, 2.45) is 0 Å². The molecule has 2 rings (SSSR count). The standard InChI is InChI=1S/C17H19NO3/c1-13(19)11-18-17(20)15-9-7-14(8-10-15)12-21-16-5-3-2-4-6-16/h2-10,13,19H,11-12H2,1H3,(H,18,20). The summed E-state index contributed by atoms with van der Waals surface area (Å²) < 4.78 is 5.64. The highest BCUT2D eigenvalue weighted by molar-refractivity contribution is 5.94. The van der Waals surface area contributed by atoms with Crippen LogP contribution in [-0.4, -0.2) is 23.7 Å². The Labute approximate surface area is 124 Å². The molecule has 1 atom stereocenters. The topological polar surface area (TPSA) is 58.6 Å². The largest absolute Gasteiger partial charge is 0.489 e. The van der Waals surface area contributed by atoms with E-state index in [4.69, 9.17) is 9.84 Å². The smallest absolute Gasteiger partial charge is 0.251 e. The molecule has 2 aromatic carbocycles. The number of rotatable bonds is 6. The summed E-state index contributed by atoms with van der Waals surface area (Å²) in [4.78, 5) is 11.8. The van der Waals surface area contributed by atoms with Gasteiger partial charge in [0.2, 0.25) is 0 Å². The first-order valence-corrected chi connectivity index (χ1v) is 6.88. The first-order chi connectivity index (χ1) is 10.1. The average Bonchev–Trinajstić information content (AvgIpc) is 2.52. The molecule has 0 fully saturated rings. The predicted octanol–water partition coefficient (Wildman–Crippen LogP) is 2.38. The third-order valence-corrected chi connectivity index (χ3v) is 2.92. The third-order valence-electron chi connectivity index (χ3n) is 2.92. The van der Waals surface area contributed by atoms with Gasteiger partial charge in [0.25, 0.3) is 5.91 Å². The highest BCUT2D eigenvalue weighted by atomic mass is 16.5. The third kappa shape index (κ3) is 4.93. The van der Waals surface area contributed by atoms with E-state index in [1.54, 1.807) is 19.1 Å². The van der Waals surface area contributed by atoms with Gasteiger partial charge in [-0.25, -0.2) is 0 Å². The lowest BCUT2D eigenvalue weighted by atomic mass is 10.1. The van der Waals surface area contributed by atoms with Gasteiger partial charge in [-0.2, -0.15) is 0 Å². The van der Waals surface area contributed by atoms with E-state index >= 15 is 0 Å². The number of carbonyl (C=O) groups excluding carboxylic acids is 1. The fourth-order valence-corrected chi connectivity index (χ4v) is 1.78. The molecule has 0 bridgehead atoms. The summed E-state index contributed by atoms with van der Waals surface area (Å²) in [6, 6.07) is 16.8. The molecule has 2 N–H and O–H groups in total. The van der Waals surface area contributed by atoms with E-state index < -0.39 is 6.10 Å². The van der Waals surface area contributed by atoms with Crippen molar-refractivity contribution in [3.63, 3.8) is 0 Å². The number of para-hydroxylation sites is 1. The van der Waals surface area contributed by atoms with Crippen molar-refractivity contribution in [2.75, 3.05) is 6.54 Å². The monoisotopic (exact) mass is 285 g/mol. The maximum absolute atomic E-state index is 11.8. The lowest BCUT2D eigenvalue weighted by Crippen LogP contribution is -2.30. The Morgan fingerprint density at radius 2 is 1.81 bits per heavy atom. The molecule has 4 nitrogen and oxygen atoms in total. The van der Waals surface area contributed by atoms with E-state index in [-0.39, 0.29) is 12.5 Å². The fourth-order valence-electron chi connectivity index (χ4n) is 1.78. The molecule has 21 heavy (non-hydrogen) atoms. The Kier molecular flexibility index (Phi) is 5.35. The van der Waals surface area contributed by atoms with Crippen LogP contribution in [0.4, 0.5) is 0 Å². The Hall–Kier alpha value is -2.33. The molecule has 0 radical (unpaired) electrons. The van der Waals surface area contributed by atoms with Crippen LogP contribution in [0.2, 0.25) is 0 Å². The van der Waals surface area contributed by atoms with Crippen LogP contribution in [0.5, 0.6) is 5.75 Å². The minimum Gasteiger partial charge on any atom is -0.489 e.